The Bertz CT molecular complexity index is 724. The Morgan fingerprint density at radius 1 is 1.24 bits per heavy atom. The summed E-state index contributed by atoms with van der Waals surface area (Å²) >= 11 is 0. The summed E-state index contributed by atoms with van der Waals surface area (Å²) in [6.07, 6.45) is 3.74. The van der Waals surface area contributed by atoms with E-state index in [-0.39, 0.29) is 11.4 Å². The van der Waals surface area contributed by atoms with Crippen molar-refractivity contribution in [2.24, 2.45) is 4.99 Å². The van der Waals surface area contributed by atoms with Crippen molar-refractivity contribution in [3.05, 3.63) is 55.3 Å². The number of nitrogens with zero attached hydrogens (tertiary/aromatic N) is 2. The maximum absolute atomic E-state index is 11.3. The van der Waals surface area contributed by atoms with Gasteiger partial charge in [0.05, 0.1) is 5.56 Å². The Labute approximate surface area is 93.1 Å². The Hall–Kier alpha value is -2.77. The van der Waals surface area contributed by atoms with Crippen molar-refractivity contribution in [3.8, 4) is 0 Å². The van der Waals surface area contributed by atoms with Gasteiger partial charge in [-0.15, -0.1) is 0 Å². The van der Waals surface area contributed by atoms with E-state index >= 15 is 0 Å². The zero-order valence-corrected chi connectivity index (χ0v) is 8.43. The SMILES string of the molecule is O=c1nccc(/N=C/c2c[nH]c(=O)[nH]c2=O)[nH]1. The summed E-state index contributed by atoms with van der Waals surface area (Å²) in [5, 5.41) is 0. The average Bonchev–Trinajstić information content (AvgIpc) is 2.28. The lowest BCUT2D eigenvalue weighted by Gasteiger charge is -1.92. The molecule has 0 spiro atoms. The summed E-state index contributed by atoms with van der Waals surface area (Å²) in [6, 6.07) is 1.47. The first-order chi connectivity index (χ1) is 8.15. The van der Waals surface area contributed by atoms with E-state index in [1.54, 1.807) is 0 Å². The molecule has 8 nitrogen and oxygen atoms in total. The topological polar surface area (TPSA) is 124 Å². The van der Waals surface area contributed by atoms with Crippen LogP contribution >= 0.6 is 0 Å². The van der Waals surface area contributed by atoms with E-state index in [2.05, 4.69) is 19.9 Å². The van der Waals surface area contributed by atoms with Crippen molar-refractivity contribution in [3.63, 3.8) is 0 Å². The summed E-state index contributed by atoms with van der Waals surface area (Å²) < 4.78 is 0. The number of aromatic amines is 3. The molecule has 0 fully saturated rings. The molecular formula is C9H7N5O3. The van der Waals surface area contributed by atoms with Gasteiger partial charge in [0.25, 0.3) is 5.56 Å². The normalized spacial score (nSPS) is 10.8. The van der Waals surface area contributed by atoms with Crippen molar-refractivity contribution in [1.82, 2.24) is 19.9 Å². The minimum absolute atomic E-state index is 0.169. The molecule has 0 aliphatic rings. The molecular weight excluding hydrogens is 226 g/mol. The fraction of sp³-hybridized carbons (Fsp3) is 0. The van der Waals surface area contributed by atoms with E-state index < -0.39 is 16.9 Å². The van der Waals surface area contributed by atoms with E-state index in [9.17, 15) is 14.4 Å². The highest BCUT2D eigenvalue weighted by atomic mass is 16.2. The number of rotatable bonds is 2. The summed E-state index contributed by atoms with van der Waals surface area (Å²) in [6.45, 7) is 0. The largest absolute Gasteiger partial charge is 0.346 e. The molecule has 0 radical (unpaired) electrons. The number of nitrogens with one attached hydrogen (secondary N) is 3. The molecule has 8 heteroatoms. The molecule has 2 heterocycles. The lowest BCUT2D eigenvalue weighted by atomic mass is 10.4. The molecule has 3 N–H and O–H groups in total. The Kier molecular flexibility index (Phi) is 2.77. The first-order valence-corrected chi connectivity index (χ1v) is 4.56. The first-order valence-electron chi connectivity index (χ1n) is 4.56. The fourth-order valence-electron chi connectivity index (χ4n) is 1.09. The first kappa shape index (κ1) is 10.7. The molecule has 0 amide bonds. The average molecular weight is 233 g/mol. The second kappa shape index (κ2) is 4.39. The molecule has 0 saturated carbocycles. The fourth-order valence-corrected chi connectivity index (χ4v) is 1.09. The molecule has 0 unspecified atom stereocenters. The van der Waals surface area contributed by atoms with Crippen molar-refractivity contribution in [2.45, 2.75) is 0 Å². The number of aromatic nitrogens is 4. The predicted octanol–water partition coefficient (Wildman–Crippen LogP) is -1.10. The van der Waals surface area contributed by atoms with Crippen molar-refractivity contribution < 1.29 is 0 Å². The molecule has 0 saturated heterocycles. The van der Waals surface area contributed by atoms with E-state index in [0.29, 0.717) is 0 Å². The summed E-state index contributed by atoms with van der Waals surface area (Å²) in [7, 11) is 0. The molecule has 2 aromatic heterocycles. The van der Waals surface area contributed by atoms with Crippen LogP contribution in [0.5, 0.6) is 0 Å². The van der Waals surface area contributed by atoms with Gasteiger partial charge in [-0.3, -0.25) is 14.8 Å². The molecule has 0 aliphatic carbocycles. The van der Waals surface area contributed by atoms with Crippen LogP contribution < -0.4 is 16.9 Å². The number of H-pyrrole nitrogens is 3. The Morgan fingerprint density at radius 3 is 2.76 bits per heavy atom. The maximum Gasteiger partial charge on any atom is 0.346 e. The molecule has 2 aromatic rings. The summed E-state index contributed by atoms with van der Waals surface area (Å²) in [5.41, 5.74) is -1.52. The monoisotopic (exact) mass is 233 g/mol. The second-order valence-electron chi connectivity index (χ2n) is 3.05. The van der Waals surface area contributed by atoms with Gasteiger partial charge < -0.3 is 4.98 Å². The van der Waals surface area contributed by atoms with Crippen molar-refractivity contribution >= 4 is 12.0 Å². The minimum Gasteiger partial charge on any atom is -0.313 e. The lowest BCUT2D eigenvalue weighted by molar-refractivity contribution is 1.03. The van der Waals surface area contributed by atoms with Crippen LogP contribution in [0.15, 0.2) is 37.8 Å². The van der Waals surface area contributed by atoms with Crippen molar-refractivity contribution in [1.29, 1.82) is 0 Å². The summed E-state index contributed by atoms with van der Waals surface area (Å²) in [4.78, 5) is 46.9. The molecule has 0 aliphatic heterocycles. The number of hydrogen-bond donors (Lipinski definition) is 3. The zero-order valence-electron chi connectivity index (χ0n) is 8.43. The van der Waals surface area contributed by atoms with Crippen LogP contribution in [0.1, 0.15) is 5.56 Å². The number of aliphatic imine (C=N–C) groups is 1. The maximum atomic E-state index is 11.3. The van der Waals surface area contributed by atoms with Gasteiger partial charge in [-0.05, 0) is 6.07 Å². The third-order valence-corrected chi connectivity index (χ3v) is 1.85. The van der Waals surface area contributed by atoms with E-state index in [1.165, 1.54) is 24.7 Å². The van der Waals surface area contributed by atoms with Gasteiger partial charge in [0.15, 0.2) is 0 Å². The van der Waals surface area contributed by atoms with E-state index in [1.807, 2.05) is 4.98 Å². The Morgan fingerprint density at radius 2 is 2.06 bits per heavy atom. The van der Waals surface area contributed by atoms with Crippen LogP contribution in [0, 0.1) is 0 Å². The summed E-state index contributed by atoms with van der Waals surface area (Å²) in [5.74, 6) is 0.260. The van der Waals surface area contributed by atoms with Gasteiger partial charge in [-0.2, -0.15) is 0 Å². The van der Waals surface area contributed by atoms with Gasteiger partial charge >= 0.3 is 11.4 Å². The van der Waals surface area contributed by atoms with Crippen LogP contribution in [0.4, 0.5) is 5.82 Å². The smallest absolute Gasteiger partial charge is 0.313 e. The van der Waals surface area contributed by atoms with E-state index in [4.69, 9.17) is 0 Å². The highest BCUT2D eigenvalue weighted by Gasteiger charge is 1.96. The molecule has 2 rings (SSSR count). The predicted molar refractivity (Wildman–Crippen MR) is 59.8 cm³/mol. The third-order valence-electron chi connectivity index (χ3n) is 1.85. The number of hydrogen-bond acceptors (Lipinski definition) is 5. The van der Waals surface area contributed by atoms with Gasteiger partial charge in [-0.25, -0.2) is 19.6 Å². The highest BCUT2D eigenvalue weighted by molar-refractivity contribution is 5.80. The lowest BCUT2D eigenvalue weighted by Crippen LogP contribution is -2.24. The van der Waals surface area contributed by atoms with Crippen LogP contribution in [0.3, 0.4) is 0 Å². The molecule has 0 bridgehead atoms. The second-order valence-corrected chi connectivity index (χ2v) is 3.05. The quantitative estimate of drug-likeness (QED) is 0.569. The van der Waals surface area contributed by atoms with Gasteiger partial charge in [0.2, 0.25) is 0 Å². The molecule has 86 valence electrons. The highest BCUT2D eigenvalue weighted by Crippen LogP contribution is 2.00. The minimum atomic E-state index is -0.593. The van der Waals surface area contributed by atoms with Crippen LogP contribution in [-0.2, 0) is 0 Å². The Balaban J connectivity index is 2.35. The molecule has 0 atom stereocenters. The van der Waals surface area contributed by atoms with Crippen LogP contribution in [0.2, 0.25) is 0 Å². The third kappa shape index (κ3) is 2.62. The molecule has 17 heavy (non-hydrogen) atoms. The van der Waals surface area contributed by atoms with Gasteiger partial charge in [0, 0.05) is 18.6 Å². The van der Waals surface area contributed by atoms with Gasteiger partial charge in [0.1, 0.15) is 5.82 Å². The van der Waals surface area contributed by atoms with Crippen LogP contribution in [-0.4, -0.2) is 26.2 Å². The molecule has 0 aromatic carbocycles. The van der Waals surface area contributed by atoms with E-state index in [0.717, 1.165) is 0 Å². The zero-order chi connectivity index (χ0) is 12.3. The standard InChI is InChI=1S/C9H7N5O3/c15-7-5(4-12-9(17)14-7)3-11-6-1-2-10-8(16)13-6/h1-4H,(H,10,13,16)(H2,12,14,15,17)/b11-3+. The van der Waals surface area contributed by atoms with Gasteiger partial charge in [-0.1, -0.05) is 0 Å². The van der Waals surface area contributed by atoms with Crippen molar-refractivity contribution in [2.75, 3.05) is 0 Å². The van der Waals surface area contributed by atoms with Crippen LogP contribution in [0.25, 0.3) is 0 Å².